The van der Waals surface area contributed by atoms with Crippen molar-refractivity contribution in [2.45, 2.75) is 13.0 Å². The van der Waals surface area contributed by atoms with E-state index in [-0.39, 0.29) is 17.9 Å². The van der Waals surface area contributed by atoms with Crippen molar-refractivity contribution >= 4 is 11.8 Å². The predicted octanol–water partition coefficient (Wildman–Crippen LogP) is 1.86. The molecule has 0 saturated carbocycles. The zero-order valence-electron chi connectivity index (χ0n) is 11.7. The van der Waals surface area contributed by atoms with Crippen LogP contribution in [0.3, 0.4) is 0 Å². The zero-order valence-corrected chi connectivity index (χ0v) is 11.7. The highest BCUT2D eigenvalue weighted by molar-refractivity contribution is 5.95. The summed E-state index contributed by atoms with van der Waals surface area (Å²) < 4.78 is 9.89. The van der Waals surface area contributed by atoms with Crippen LogP contribution in [0, 0.1) is 0 Å². The maximum Gasteiger partial charge on any atom is 0.257 e. The molecule has 2 aromatic rings. The summed E-state index contributed by atoms with van der Waals surface area (Å²) in [7, 11) is 0. The standard InChI is InChI=1S/C15H16N2O4/c1-11-8-16(14(18)12-2-6-20-9-12)4-5-17(11)15(19)13-3-7-21-10-13/h2-3,6-7,9-11H,4-5,8H2,1H3/t11-/m0/s1. The van der Waals surface area contributed by atoms with Crippen molar-refractivity contribution in [3.8, 4) is 0 Å². The molecular weight excluding hydrogens is 272 g/mol. The Morgan fingerprint density at radius 2 is 1.67 bits per heavy atom. The van der Waals surface area contributed by atoms with E-state index in [0.29, 0.717) is 30.8 Å². The maximum atomic E-state index is 12.3. The van der Waals surface area contributed by atoms with Gasteiger partial charge in [0, 0.05) is 25.7 Å². The summed E-state index contributed by atoms with van der Waals surface area (Å²) in [4.78, 5) is 28.1. The normalized spacial score (nSPS) is 18.8. The van der Waals surface area contributed by atoms with E-state index in [1.807, 2.05) is 6.92 Å². The lowest BCUT2D eigenvalue weighted by Gasteiger charge is -2.39. The van der Waals surface area contributed by atoms with Gasteiger partial charge in [-0.15, -0.1) is 0 Å². The van der Waals surface area contributed by atoms with Gasteiger partial charge < -0.3 is 18.6 Å². The largest absolute Gasteiger partial charge is 0.472 e. The number of nitrogens with zero attached hydrogens (tertiary/aromatic N) is 2. The van der Waals surface area contributed by atoms with E-state index in [0.717, 1.165) is 0 Å². The summed E-state index contributed by atoms with van der Waals surface area (Å²) in [6.07, 6.45) is 5.85. The molecule has 3 rings (SSSR count). The van der Waals surface area contributed by atoms with Crippen molar-refractivity contribution < 1.29 is 18.4 Å². The Labute approximate surface area is 121 Å². The third-order valence-corrected chi connectivity index (χ3v) is 3.71. The van der Waals surface area contributed by atoms with E-state index < -0.39 is 0 Å². The highest BCUT2D eigenvalue weighted by Gasteiger charge is 2.31. The first-order chi connectivity index (χ1) is 10.2. The molecule has 1 aliphatic heterocycles. The van der Waals surface area contributed by atoms with Gasteiger partial charge in [0.2, 0.25) is 0 Å². The Morgan fingerprint density at radius 1 is 1.05 bits per heavy atom. The number of carbonyl (C=O) groups is 2. The number of hydrogen-bond acceptors (Lipinski definition) is 4. The fourth-order valence-corrected chi connectivity index (χ4v) is 2.56. The average molecular weight is 288 g/mol. The Balaban J connectivity index is 1.67. The Morgan fingerprint density at radius 3 is 2.19 bits per heavy atom. The maximum absolute atomic E-state index is 12.3. The van der Waals surface area contributed by atoms with Crippen LogP contribution in [0.4, 0.5) is 0 Å². The van der Waals surface area contributed by atoms with E-state index >= 15 is 0 Å². The topological polar surface area (TPSA) is 66.9 Å². The fourth-order valence-electron chi connectivity index (χ4n) is 2.56. The Hall–Kier alpha value is -2.50. The molecule has 2 aromatic heterocycles. The van der Waals surface area contributed by atoms with Gasteiger partial charge in [-0.3, -0.25) is 9.59 Å². The molecule has 0 radical (unpaired) electrons. The van der Waals surface area contributed by atoms with Gasteiger partial charge in [0.25, 0.3) is 11.8 Å². The van der Waals surface area contributed by atoms with Gasteiger partial charge in [-0.2, -0.15) is 0 Å². The van der Waals surface area contributed by atoms with Gasteiger partial charge >= 0.3 is 0 Å². The van der Waals surface area contributed by atoms with Gasteiger partial charge in [-0.05, 0) is 19.1 Å². The summed E-state index contributed by atoms with van der Waals surface area (Å²) >= 11 is 0. The molecule has 0 bridgehead atoms. The quantitative estimate of drug-likeness (QED) is 0.846. The first kappa shape index (κ1) is 13.5. The summed E-state index contributed by atoms with van der Waals surface area (Å²) in [5, 5.41) is 0. The monoisotopic (exact) mass is 288 g/mol. The Kier molecular flexibility index (Phi) is 3.51. The van der Waals surface area contributed by atoms with Crippen LogP contribution < -0.4 is 0 Å². The minimum atomic E-state index is -0.0639. The zero-order chi connectivity index (χ0) is 14.8. The minimum Gasteiger partial charge on any atom is -0.472 e. The second-order valence-corrected chi connectivity index (χ2v) is 5.12. The SMILES string of the molecule is C[C@H]1CN(C(=O)c2ccoc2)CCN1C(=O)c1ccoc1. The van der Waals surface area contributed by atoms with Gasteiger partial charge in [-0.1, -0.05) is 0 Å². The van der Waals surface area contributed by atoms with Crippen LogP contribution in [0.1, 0.15) is 27.6 Å². The second-order valence-electron chi connectivity index (χ2n) is 5.12. The van der Waals surface area contributed by atoms with Crippen LogP contribution in [0.25, 0.3) is 0 Å². The molecule has 110 valence electrons. The molecule has 0 aromatic carbocycles. The lowest BCUT2D eigenvalue weighted by atomic mass is 10.1. The first-order valence-corrected chi connectivity index (χ1v) is 6.81. The van der Waals surface area contributed by atoms with E-state index in [1.165, 1.54) is 25.1 Å². The van der Waals surface area contributed by atoms with Crippen molar-refractivity contribution in [3.63, 3.8) is 0 Å². The van der Waals surface area contributed by atoms with Crippen molar-refractivity contribution in [1.29, 1.82) is 0 Å². The third kappa shape index (κ3) is 2.56. The molecule has 0 aliphatic carbocycles. The molecule has 1 aliphatic rings. The number of rotatable bonds is 2. The third-order valence-electron chi connectivity index (χ3n) is 3.71. The van der Waals surface area contributed by atoms with Crippen molar-refractivity contribution in [2.75, 3.05) is 19.6 Å². The molecule has 21 heavy (non-hydrogen) atoms. The summed E-state index contributed by atoms with van der Waals surface area (Å²) in [5.74, 6) is -0.127. The van der Waals surface area contributed by atoms with Gasteiger partial charge in [-0.25, -0.2) is 0 Å². The number of furan rings is 2. The minimum absolute atomic E-state index is 0.0444. The predicted molar refractivity (Wildman–Crippen MR) is 73.8 cm³/mol. The smallest absolute Gasteiger partial charge is 0.257 e. The van der Waals surface area contributed by atoms with Crippen molar-refractivity contribution in [3.05, 3.63) is 48.3 Å². The molecule has 3 heterocycles. The molecule has 0 N–H and O–H groups in total. The van der Waals surface area contributed by atoms with Gasteiger partial charge in [0.1, 0.15) is 12.5 Å². The second kappa shape index (κ2) is 5.47. The highest BCUT2D eigenvalue weighted by atomic mass is 16.3. The van der Waals surface area contributed by atoms with Crippen LogP contribution in [-0.4, -0.2) is 47.3 Å². The lowest BCUT2D eigenvalue weighted by molar-refractivity contribution is 0.0413. The molecule has 6 heteroatoms. The first-order valence-electron chi connectivity index (χ1n) is 6.81. The Bertz CT molecular complexity index is 618. The molecular formula is C15H16N2O4. The van der Waals surface area contributed by atoms with E-state index in [1.54, 1.807) is 21.9 Å². The van der Waals surface area contributed by atoms with E-state index in [4.69, 9.17) is 8.83 Å². The highest BCUT2D eigenvalue weighted by Crippen LogP contribution is 2.16. The summed E-state index contributed by atoms with van der Waals surface area (Å²) in [6, 6.07) is 3.26. The van der Waals surface area contributed by atoms with Crippen molar-refractivity contribution in [1.82, 2.24) is 9.80 Å². The fraction of sp³-hybridized carbons (Fsp3) is 0.333. The number of amides is 2. The van der Waals surface area contributed by atoms with Gasteiger partial charge in [0.05, 0.1) is 23.7 Å². The van der Waals surface area contributed by atoms with Crippen LogP contribution in [-0.2, 0) is 0 Å². The van der Waals surface area contributed by atoms with Crippen LogP contribution >= 0.6 is 0 Å². The average Bonchev–Trinajstić information content (AvgIpc) is 3.18. The molecule has 1 atom stereocenters. The summed E-state index contributed by atoms with van der Waals surface area (Å²) in [5.41, 5.74) is 1.08. The molecule has 0 unspecified atom stereocenters. The molecule has 2 amide bonds. The number of carbonyl (C=O) groups excluding carboxylic acids is 2. The summed E-state index contributed by atoms with van der Waals surface area (Å²) in [6.45, 7) is 3.47. The number of hydrogen-bond donors (Lipinski definition) is 0. The van der Waals surface area contributed by atoms with Crippen LogP contribution in [0.2, 0.25) is 0 Å². The lowest BCUT2D eigenvalue weighted by Crippen LogP contribution is -2.55. The van der Waals surface area contributed by atoms with E-state index in [2.05, 4.69) is 0 Å². The number of piperazine rings is 1. The molecule has 1 saturated heterocycles. The molecule has 0 spiro atoms. The van der Waals surface area contributed by atoms with Crippen LogP contribution in [0.5, 0.6) is 0 Å². The van der Waals surface area contributed by atoms with Crippen molar-refractivity contribution in [2.24, 2.45) is 0 Å². The van der Waals surface area contributed by atoms with Crippen LogP contribution in [0.15, 0.2) is 46.0 Å². The van der Waals surface area contributed by atoms with Gasteiger partial charge in [0.15, 0.2) is 0 Å². The molecule has 1 fully saturated rings. The molecule has 6 nitrogen and oxygen atoms in total. The van der Waals surface area contributed by atoms with E-state index in [9.17, 15) is 9.59 Å².